The van der Waals surface area contributed by atoms with E-state index in [1.54, 1.807) is 50.3 Å². The van der Waals surface area contributed by atoms with Gasteiger partial charge in [-0.3, -0.25) is 10.1 Å². The zero-order valence-corrected chi connectivity index (χ0v) is 18.0. The SMILES string of the molecule is CC(C)(C)OC(=O)Nc1cccc(-c2cccs2)c1NC(=O)c1ccc(CN)cc1. The summed E-state index contributed by atoms with van der Waals surface area (Å²) in [6, 6.07) is 16.5. The van der Waals surface area contributed by atoms with Crippen LogP contribution in [0.15, 0.2) is 60.0 Å². The van der Waals surface area contributed by atoms with E-state index >= 15 is 0 Å². The van der Waals surface area contributed by atoms with Crippen LogP contribution in [0.2, 0.25) is 0 Å². The van der Waals surface area contributed by atoms with E-state index in [9.17, 15) is 9.59 Å². The van der Waals surface area contributed by atoms with Crippen molar-refractivity contribution in [3.63, 3.8) is 0 Å². The number of hydrogen-bond acceptors (Lipinski definition) is 5. The topological polar surface area (TPSA) is 93.5 Å². The Bertz CT molecular complexity index is 1020. The molecular formula is C23H25N3O3S. The maximum atomic E-state index is 12.9. The van der Waals surface area contributed by atoms with Crippen LogP contribution >= 0.6 is 11.3 Å². The molecule has 0 saturated carbocycles. The van der Waals surface area contributed by atoms with Gasteiger partial charge in [-0.05, 0) is 56.0 Å². The van der Waals surface area contributed by atoms with Crippen molar-refractivity contribution in [1.82, 2.24) is 0 Å². The van der Waals surface area contributed by atoms with Crippen molar-refractivity contribution >= 4 is 34.7 Å². The first-order valence-electron chi connectivity index (χ1n) is 9.54. The van der Waals surface area contributed by atoms with Crippen LogP contribution in [0.5, 0.6) is 0 Å². The van der Waals surface area contributed by atoms with Gasteiger partial charge in [0, 0.05) is 22.5 Å². The van der Waals surface area contributed by atoms with Crippen LogP contribution in [-0.4, -0.2) is 17.6 Å². The van der Waals surface area contributed by atoms with Gasteiger partial charge in [-0.2, -0.15) is 0 Å². The van der Waals surface area contributed by atoms with Gasteiger partial charge in [-0.25, -0.2) is 4.79 Å². The van der Waals surface area contributed by atoms with Crippen molar-refractivity contribution in [2.75, 3.05) is 10.6 Å². The van der Waals surface area contributed by atoms with E-state index in [0.717, 1.165) is 16.0 Å². The molecule has 6 nitrogen and oxygen atoms in total. The second-order valence-electron chi connectivity index (χ2n) is 7.69. The van der Waals surface area contributed by atoms with Crippen LogP contribution in [0.1, 0.15) is 36.7 Å². The number of ether oxygens (including phenoxy) is 1. The number of hydrogen-bond donors (Lipinski definition) is 3. The van der Waals surface area contributed by atoms with Crippen molar-refractivity contribution in [1.29, 1.82) is 0 Å². The quantitative estimate of drug-likeness (QED) is 0.507. The van der Waals surface area contributed by atoms with Crippen LogP contribution in [-0.2, 0) is 11.3 Å². The molecule has 0 unspecified atom stereocenters. The van der Waals surface area contributed by atoms with Gasteiger partial charge in [0.25, 0.3) is 5.91 Å². The zero-order chi connectivity index (χ0) is 21.7. The minimum atomic E-state index is -0.635. The summed E-state index contributed by atoms with van der Waals surface area (Å²) < 4.78 is 5.37. The van der Waals surface area contributed by atoms with E-state index in [0.29, 0.717) is 23.5 Å². The number of para-hydroxylation sites is 1. The van der Waals surface area contributed by atoms with E-state index in [1.807, 2.05) is 41.8 Å². The molecule has 0 aliphatic rings. The molecule has 1 aromatic heterocycles. The first kappa shape index (κ1) is 21.5. The molecule has 3 rings (SSSR count). The second-order valence-corrected chi connectivity index (χ2v) is 8.64. The maximum Gasteiger partial charge on any atom is 0.412 e. The molecule has 0 bridgehead atoms. The Morgan fingerprint density at radius 1 is 1.00 bits per heavy atom. The minimum absolute atomic E-state index is 0.283. The van der Waals surface area contributed by atoms with Gasteiger partial charge in [-0.1, -0.05) is 30.3 Å². The summed E-state index contributed by atoms with van der Waals surface area (Å²) >= 11 is 1.55. The lowest BCUT2D eigenvalue weighted by Gasteiger charge is -2.21. The van der Waals surface area contributed by atoms with Crippen molar-refractivity contribution in [3.8, 4) is 10.4 Å². The fourth-order valence-electron chi connectivity index (χ4n) is 2.82. The van der Waals surface area contributed by atoms with E-state index in [-0.39, 0.29) is 5.91 Å². The van der Waals surface area contributed by atoms with Crippen molar-refractivity contribution < 1.29 is 14.3 Å². The summed E-state index contributed by atoms with van der Waals surface area (Å²) in [6.07, 6.45) is -0.589. The summed E-state index contributed by atoms with van der Waals surface area (Å²) in [5.41, 5.74) is 8.22. The lowest BCUT2D eigenvalue weighted by atomic mass is 10.1. The number of carbonyl (C=O) groups is 2. The normalized spacial score (nSPS) is 11.1. The largest absolute Gasteiger partial charge is 0.444 e. The fraction of sp³-hybridized carbons (Fsp3) is 0.217. The lowest BCUT2D eigenvalue weighted by molar-refractivity contribution is 0.0635. The molecule has 0 spiro atoms. The number of benzene rings is 2. The molecule has 0 aliphatic heterocycles. The van der Waals surface area contributed by atoms with Gasteiger partial charge in [0.2, 0.25) is 0 Å². The molecule has 3 aromatic rings. The van der Waals surface area contributed by atoms with Crippen LogP contribution in [0, 0.1) is 0 Å². The molecular weight excluding hydrogens is 398 g/mol. The Balaban J connectivity index is 1.94. The van der Waals surface area contributed by atoms with E-state index < -0.39 is 11.7 Å². The maximum absolute atomic E-state index is 12.9. The second kappa shape index (κ2) is 9.11. The number of thiophene rings is 1. The third-order valence-corrected chi connectivity index (χ3v) is 5.08. The highest BCUT2D eigenvalue weighted by Crippen LogP contribution is 2.37. The Labute approximate surface area is 180 Å². The third kappa shape index (κ3) is 5.46. The van der Waals surface area contributed by atoms with Gasteiger partial charge in [0.15, 0.2) is 0 Å². The molecule has 4 N–H and O–H groups in total. The molecule has 0 atom stereocenters. The van der Waals surface area contributed by atoms with Crippen LogP contribution in [0.4, 0.5) is 16.2 Å². The van der Waals surface area contributed by atoms with E-state index in [1.165, 1.54) is 0 Å². The summed E-state index contributed by atoms with van der Waals surface area (Å²) in [6.45, 7) is 5.79. The standard InChI is InChI=1S/C23H25N3O3S/c1-23(2,3)29-22(28)25-18-7-4-6-17(19-8-5-13-30-19)20(18)26-21(27)16-11-9-15(14-24)10-12-16/h4-13H,14,24H2,1-3H3,(H,25,28)(H,26,27). The van der Waals surface area contributed by atoms with Gasteiger partial charge >= 0.3 is 6.09 Å². The zero-order valence-electron chi connectivity index (χ0n) is 17.2. The third-order valence-electron chi connectivity index (χ3n) is 4.18. The summed E-state index contributed by atoms with van der Waals surface area (Å²) in [5.74, 6) is -0.283. The Hall–Kier alpha value is -3.16. The monoisotopic (exact) mass is 423 g/mol. The molecule has 0 radical (unpaired) electrons. The Morgan fingerprint density at radius 2 is 1.73 bits per heavy atom. The van der Waals surface area contributed by atoms with Crippen LogP contribution in [0.3, 0.4) is 0 Å². The number of nitrogens with two attached hydrogens (primary N) is 1. The van der Waals surface area contributed by atoms with Gasteiger partial charge in [0.05, 0.1) is 11.4 Å². The molecule has 0 saturated heterocycles. The van der Waals surface area contributed by atoms with Gasteiger partial charge in [-0.15, -0.1) is 11.3 Å². The number of rotatable bonds is 5. The first-order chi connectivity index (χ1) is 14.3. The lowest BCUT2D eigenvalue weighted by Crippen LogP contribution is -2.27. The molecule has 0 aliphatic carbocycles. The molecule has 1 heterocycles. The minimum Gasteiger partial charge on any atom is -0.444 e. The van der Waals surface area contributed by atoms with Crippen molar-refractivity contribution in [3.05, 3.63) is 71.1 Å². The molecule has 7 heteroatoms. The molecule has 156 valence electrons. The molecule has 0 fully saturated rings. The molecule has 2 amide bonds. The highest BCUT2D eigenvalue weighted by atomic mass is 32.1. The average Bonchev–Trinajstić information content (AvgIpc) is 3.22. The highest BCUT2D eigenvalue weighted by Gasteiger charge is 2.20. The number of amides is 2. The Kier molecular flexibility index (Phi) is 6.54. The molecule has 2 aromatic carbocycles. The molecule has 30 heavy (non-hydrogen) atoms. The highest BCUT2D eigenvalue weighted by molar-refractivity contribution is 7.13. The van der Waals surface area contributed by atoms with Crippen LogP contribution in [0.25, 0.3) is 10.4 Å². The number of carbonyl (C=O) groups excluding carboxylic acids is 2. The average molecular weight is 424 g/mol. The summed E-state index contributed by atoms with van der Waals surface area (Å²) in [7, 11) is 0. The predicted octanol–water partition coefficient (Wildman–Crippen LogP) is 5.47. The van der Waals surface area contributed by atoms with E-state index in [2.05, 4.69) is 10.6 Å². The smallest absolute Gasteiger partial charge is 0.412 e. The van der Waals surface area contributed by atoms with Crippen molar-refractivity contribution in [2.45, 2.75) is 32.9 Å². The fourth-order valence-corrected chi connectivity index (χ4v) is 3.58. The van der Waals surface area contributed by atoms with Crippen LogP contribution < -0.4 is 16.4 Å². The van der Waals surface area contributed by atoms with Crippen molar-refractivity contribution in [2.24, 2.45) is 5.73 Å². The number of anilines is 2. The summed E-state index contributed by atoms with van der Waals surface area (Å²) in [4.78, 5) is 26.2. The summed E-state index contributed by atoms with van der Waals surface area (Å²) in [5, 5.41) is 7.67. The predicted molar refractivity (Wildman–Crippen MR) is 122 cm³/mol. The Morgan fingerprint density at radius 3 is 2.33 bits per heavy atom. The van der Waals surface area contributed by atoms with E-state index in [4.69, 9.17) is 10.5 Å². The number of nitrogens with one attached hydrogen (secondary N) is 2. The first-order valence-corrected chi connectivity index (χ1v) is 10.4. The van der Waals surface area contributed by atoms with Gasteiger partial charge < -0.3 is 15.8 Å². The van der Waals surface area contributed by atoms with Gasteiger partial charge in [0.1, 0.15) is 5.60 Å².